The second kappa shape index (κ2) is 6.07. The van der Waals surface area contributed by atoms with Crippen molar-refractivity contribution in [2.75, 3.05) is 26.2 Å². The van der Waals surface area contributed by atoms with Crippen LogP contribution in [-0.2, 0) is 4.74 Å². The van der Waals surface area contributed by atoms with E-state index in [1.807, 2.05) is 0 Å². The minimum atomic E-state index is 0.398. The van der Waals surface area contributed by atoms with Crippen LogP contribution in [0.15, 0.2) is 30.3 Å². The maximum absolute atomic E-state index is 6.02. The molecule has 114 valence electrons. The summed E-state index contributed by atoms with van der Waals surface area (Å²) in [6, 6.07) is 12.3. The van der Waals surface area contributed by atoms with Crippen LogP contribution in [0.4, 0.5) is 0 Å². The molecule has 3 aliphatic rings. The van der Waals surface area contributed by atoms with Gasteiger partial charge in [0.2, 0.25) is 0 Å². The molecule has 1 saturated carbocycles. The van der Waals surface area contributed by atoms with E-state index >= 15 is 0 Å². The molecule has 0 bridgehead atoms. The summed E-state index contributed by atoms with van der Waals surface area (Å²) in [6.07, 6.45) is 5.65. The van der Waals surface area contributed by atoms with Gasteiger partial charge in [-0.2, -0.15) is 0 Å². The molecule has 0 spiro atoms. The molecular weight excluding hydrogens is 260 g/mol. The van der Waals surface area contributed by atoms with Crippen LogP contribution in [0.2, 0.25) is 0 Å². The van der Waals surface area contributed by atoms with Gasteiger partial charge in [0, 0.05) is 25.2 Å². The van der Waals surface area contributed by atoms with Crippen molar-refractivity contribution in [3.8, 4) is 0 Å². The zero-order valence-electron chi connectivity index (χ0n) is 12.7. The quantitative estimate of drug-likeness (QED) is 0.920. The highest BCUT2D eigenvalue weighted by Crippen LogP contribution is 2.36. The molecule has 21 heavy (non-hydrogen) atoms. The molecule has 4 rings (SSSR count). The monoisotopic (exact) mass is 286 g/mol. The molecule has 2 saturated heterocycles. The molecule has 0 radical (unpaired) electrons. The van der Waals surface area contributed by atoms with Crippen molar-refractivity contribution in [3.63, 3.8) is 0 Å². The Morgan fingerprint density at radius 3 is 2.90 bits per heavy atom. The van der Waals surface area contributed by atoms with Crippen molar-refractivity contribution in [1.29, 1.82) is 0 Å². The molecule has 2 aliphatic heterocycles. The Kier molecular flexibility index (Phi) is 3.97. The van der Waals surface area contributed by atoms with Crippen LogP contribution < -0.4 is 5.32 Å². The van der Waals surface area contributed by atoms with E-state index in [2.05, 4.69) is 40.5 Å². The van der Waals surface area contributed by atoms with E-state index in [1.54, 1.807) is 0 Å². The van der Waals surface area contributed by atoms with Crippen LogP contribution in [-0.4, -0.2) is 49.3 Å². The maximum atomic E-state index is 6.02. The van der Waals surface area contributed by atoms with Crippen LogP contribution in [0, 0.1) is 0 Å². The number of hydrogen-bond acceptors (Lipinski definition) is 3. The zero-order valence-corrected chi connectivity index (χ0v) is 12.7. The summed E-state index contributed by atoms with van der Waals surface area (Å²) in [5, 5.41) is 3.72. The number of nitrogens with one attached hydrogen (secondary N) is 1. The Labute approximate surface area is 127 Å². The SMILES string of the molecule is c1ccc(C2CC(NCC3CN4CCCC4CO3)C2)cc1. The maximum Gasteiger partial charge on any atom is 0.0827 e. The van der Waals surface area contributed by atoms with Crippen LogP contribution in [0.5, 0.6) is 0 Å². The predicted octanol–water partition coefficient (Wildman–Crippen LogP) is 2.39. The lowest BCUT2D eigenvalue weighted by Gasteiger charge is -2.39. The first kappa shape index (κ1) is 13.7. The molecule has 3 fully saturated rings. The van der Waals surface area contributed by atoms with Crippen LogP contribution in [0.25, 0.3) is 0 Å². The summed E-state index contributed by atoms with van der Waals surface area (Å²) in [5.74, 6) is 0.763. The number of benzene rings is 1. The average Bonchev–Trinajstić information content (AvgIpc) is 2.94. The minimum Gasteiger partial charge on any atom is -0.374 e. The minimum absolute atomic E-state index is 0.398. The van der Waals surface area contributed by atoms with E-state index in [0.717, 1.165) is 25.6 Å². The molecule has 1 N–H and O–H groups in total. The first-order valence-corrected chi connectivity index (χ1v) is 8.52. The molecule has 2 unspecified atom stereocenters. The van der Waals surface area contributed by atoms with Gasteiger partial charge in [-0.05, 0) is 43.7 Å². The predicted molar refractivity (Wildman–Crippen MR) is 84.5 cm³/mol. The summed E-state index contributed by atoms with van der Waals surface area (Å²) in [4.78, 5) is 2.63. The van der Waals surface area contributed by atoms with Gasteiger partial charge in [-0.25, -0.2) is 0 Å². The van der Waals surface area contributed by atoms with Gasteiger partial charge in [0.05, 0.1) is 12.7 Å². The number of hydrogen-bond donors (Lipinski definition) is 1. The van der Waals surface area contributed by atoms with Crippen molar-refractivity contribution >= 4 is 0 Å². The fourth-order valence-corrected chi connectivity index (χ4v) is 4.09. The second-order valence-electron chi connectivity index (χ2n) is 6.93. The first-order valence-electron chi connectivity index (χ1n) is 8.52. The number of fused-ring (bicyclic) bond motifs is 1. The third kappa shape index (κ3) is 3.01. The zero-order chi connectivity index (χ0) is 14.1. The van der Waals surface area contributed by atoms with Crippen molar-refractivity contribution < 1.29 is 4.74 Å². The lowest BCUT2D eigenvalue weighted by atomic mass is 9.76. The van der Waals surface area contributed by atoms with E-state index in [0.29, 0.717) is 18.2 Å². The molecule has 3 nitrogen and oxygen atoms in total. The van der Waals surface area contributed by atoms with E-state index in [9.17, 15) is 0 Å². The smallest absolute Gasteiger partial charge is 0.0827 e. The molecule has 2 heterocycles. The molecule has 1 aromatic rings. The summed E-state index contributed by atoms with van der Waals surface area (Å²) in [5.41, 5.74) is 1.50. The number of rotatable bonds is 4. The number of nitrogens with zero attached hydrogens (tertiary/aromatic N) is 1. The van der Waals surface area contributed by atoms with Gasteiger partial charge in [0.1, 0.15) is 0 Å². The fourth-order valence-electron chi connectivity index (χ4n) is 4.09. The summed E-state index contributed by atoms with van der Waals surface area (Å²) in [6.45, 7) is 4.38. The summed E-state index contributed by atoms with van der Waals surface area (Å²) < 4.78 is 6.02. The Bertz CT molecular complexity index is 458. The Balaban J connectivity index is 1.19. The summed E-state index contributed by atoms with van der Waals surface area (Å²) in [7, 11) is 0. The topological polar surface area (TPSA) is 24.5 Å². The molecule has 2 atom stereocenters. The third-order valence-corrected chi connectivity index (χ3v) is 5.50. The van der Waals surface area contributed by atoms with Gasteiger partial charge < -0.3 is 10.1 Å². The van der Waals surface area contributed by atoms with Crippen LogP contribution in [0.1, 0.15) is 37.2 Å². The van der Waals surface area contributed by atoms with E-state index < -0.39 is 0 Å². The van der Waals surface area contributed by atoms with Gasteiger partial charge in [0.25, 0.3) is 0 Å². The molecule has 0 aromatic heterocycles. The Morgan fingerprint density at radius 1 is 1.19 bits per heavy atom. The van der Waals surface area contributed by atoms with Crippen molar-refractivity contribution in [1.82, 2.24) is 10.2 Å². The van der Waals surface area contributed by atoms with Gasteiger partial charge >= 0.3 is 0 Å². The average molecular weight is 286 g/mol. The highest BCUT2D eigenvalue weighted by molar-refractivity contribution is 5.22. The fraction of sp³-hybridized carbons (Fsp3) is 0.667. The van der Waals surface area contributed by atoms with Crippen LogP contribution in [0.3, 0.4) is 0 Å². The lowest BCUT2D eigenvalue weighted by molar-refractivity contribution is -0.0489. The molecular formula is C18H26N2O. The Morgan fingerprint density at radius 2 is 2.05 bits per heavy atom. The lowest BCUT2D eigenvalue weighted by Crippen LogP contribution is -2.52. The molecule has 1 aromatic carbocycles. The van der Waals surface area contributed by atoms with E-state index in [-0.39, 0.29) is 0 Å². The van der Waals surface area contributed by atoms with Gasteiger partial charge in [-0.15, -0.1) is 0 Å². The van der Waals surface area contributed by atoms with Gasteiger partial charge in [0.15, 0.2) is 0 Å². The van der Waals surface area contributed by atoms with Gasteiger partial charge in [-0.1, -0.05) is 30.3 Å². The Hall–Kier alpha value is -0.900. The van der Waals surface area contributed by atoms with E-state index in [1.165, 1.54) is 37.8 Å². The number of morpholine rings is 1. The first-order chi connectivity index (χ1) is 10.4. The summed E-state index contributed by atoms with van der Waals surface area (Å²) >= 11 is 0. The molecule has 1 aliphatic carbocycles. The normalized spacial score (nSPS) is 36.2. The second-order valence-corrected chi connectivity index (χ2v) is 6.93. The number of ether oxygens (including phenoxy) is 1. The van der Waals surface area contributed by atoms with Crippen molar-refractivity contribution in [2.24, 2.45) is 0 Å². The van der Waals surface area contributed by atoms with Crippen molar-refractivity contribution in [3.05, 3.63) is 35.9 Å². The van der Waals surface area contributed by atoms with Crippen LogP contribution >= 0.6 is 0 Å². The van der Waals surface area contributed by atoms with E-state index in [4.69, 9.17) is 4.74 Å². The largest absolute Gasteiger partial charge is 0.374 e. The molecule has 0 amide bonds. The highest BCUT2D eigenvalue weighted by Gasteiger charge is 2.34. The standard InChI is InChI=1S/C18H26N2O/c1-2-5-14(6-3-1)15-9-16(10-15)19-11-18-12-20-8-4-7-17(20)13-21-18/h1-3,5-6,15-19H,4,7-13H2. The van der Waals surface area contributed by atoms with Crippen molar-refractivity contribution in [2.45, 2.75) is 49.8 Å². The molecule has 3 heteroatoms. The third-order valence-electron chi connectivity index (χ3n) is 5.50. The van der Waals surface area contributed by atoms with Gasteiger partial charge in [-0.3, -0.25) is 4.90 Å². The highest BCUT2D eigenvalue weighted by atomic mass is 16.5.